The molecular weight excluding hydrogens is 441 g/mol. The molecule has 6 nitrogen and oxygen atoms in total. The van der Waals surface area contributed by atoms with Crippen molar-refractivity contribution in [2.75, 3.05) is 12.4 Å². The van der Waals surface area contributed by atoms with Crippen LogP contribution in [0.2, 0.25) is 0 Å². The van der Waals surface area contributed by atoms with Gasteiger partial charge < -0.3 is 20.4 Å². The molecule has 0 aliphatic rings. The Kier molecular flexibility index (Phi) is 7.46. The van der Waals surface area contributed by atoms with Gasteiger partial charge in [0.15, 0.2) is 5.96 Å². The van der Waals surface area contributed by atoms with E-state index < -0.39 is 0 Å². The Balaban J connectivity index is 0.00000243. The first-order chi connectivity index (χ1) is 12.2. The second-order valence-electron chi connectivity index (χ2n) is 5.61. The highest BCUT2D eigenvalue weighted by molar-refractivity contribution is 14.0. The number of imidazole rings is 1. The molecule has 0 radical (unpaired) electrons. The molecule has 136 valence electrons. The molecule has 0 amide bonds. The predicted octanol–water partition coefficient (Wildman–Crippen LogP) is 3.48. The second kappa shape index (κ2) is 9.81. The Labute approximate surface area is 170 Å². The van der Waals surface area contributed by atoms with Gasteiger partial charge in [-0.1, -0.05) is 24.3 Å². The Morgan fingerprint density at radius 3 is 2.65 bits per heavy atom. The number of aromatic nitrogens is 2. The number of nitrogens with two attached hydrogens (primary N) is 1. The maximum Gasteiger partial charge on any atom is 0.193 e. The van der Waals surface area contributed by atoms with Crippen molar-refractivity contribution in [2.24, 2.45) is 10.7 Å². The topological polar surface area (TPSA) is 77.5 Å². The quantitative estimate of drug-likeness (QED) is 0.334. The van der Waals surface area contributed by atoms with Crippen LogP contribution in [0.5, 0.6) is 5.75 Å². The third kappa shape index (κ3) is 5.76. The fourth-order valence-electron chi connectivity index (χ4n) is 2.46. The summed E-state index contributed by atoms with van der Waals surface area (Å²) in [7, 11) is 1.64. The summed E-state index contributed by atoms with van der Waals surface area (Å²) >= 11 is 0. The number of methoxy groups -OCH3 is 1. The SMILES string of the molecule is COc1ccc(NC(N)=NCc2cccc(Cn3ccnc3)c2)cc1.I. The maximum absolute atomic E-state index is 5.97. The van der Waals surface area contributed by atoms with Gasteiger partial charge in [0, 0.05) is 24.6 Å². The van der Waals surface area contributed by atoms with Crippen molar-refractivity contribution in [3.63, 3.8) is 0 Å². The van der Waals surface area contributed by atoms with Gasteiger partial charge in [-0.05, 0) is 35.4 Å². The summed E-state index contributed by atoms with van der Waals surface area (Å²) in [5.41, 5.74) is 9.15. The van der Waals surface area contributed by atoms with Crippen LogP contribution in [0.25, 0.3) is 0 Å². The lowest BCUT2D eigenvalue weighted by Crippen LogP contribution is -2.22. The standard InChI is InChI=1S/C19H21N5O.HI/c1-25-18-7-5-17(6-8-18)23-19(20)22-12-15-3-2-4-16(11-15)13-24-10-9-21-14-24;/h2-11,14H,12-13H2,1H3,(H3,20,22,23);1H. The number of hydrogen-bond acceptors (Lipinski definition) is 3. The Bertz CT molecular complexity index is 831. The van der Waals surface area contributed by atoms with E-state index in [0.717, 1.165) is 23.5 Å². The number of nitrogens with zero attached hydrogens (tertiary/aromatic N) is 3. The normalized spacial score (nSPS) is 10.9. The number of ether oxygens (including phenoxy) is 1. The minimum Gasteiger partial charge on any atom is -0.497 e. The lowest BCUT2D eigenvalue weighted by Gasteiger charge is -2.07. The number of nitrogens with one attached hydrogen (secondary N) is 1. The van der Waals surface area contributed by atoms with E-state index in [4.69, 9.17) is 10.5 Å². The highest BCUT2D eigenvalue weighted by Gasteiger charge is 1.99. The van der Waals surface area contributed by atoms with Crippen LogP contribution in [0.1, 0.15) is 11.1 Å². The molecule has 3 N–H and O–H groups in total. The number of benzene rings is 2. The molecule has 1 aromatic heterocycles. The lowest BCUT2D eigenvalue weighted by molar-refractivity contribution is 0.415. The van der Waals surface area contributed by atoms with Crippen LogP contribution in [0.3, 0.4) is 0 Å². The van der Waals surface area contributed by atoms with Gasteiger partial charge in [0.25, 0.3) is 0 Å². The Hall–Kier alpha value is -2.55. The molecule has 0 bridgehead atoms. The summed E-state index contributed by atoms with van der Waals surface area (Å²) in [5, 5.41) is 3.07. The van der Waals surface area contributed by atoms with Crippen LogP contribution < -0.4 is 15.8 Å². The lowest BCUT2D eigenvalue weighted by atomic mass is 10.1. The molecule has 2 aromatic carbocycles. The van der Waals surface area contributed by atoms with E-state index in [9.17, 15) is 0 Å². The zero-order valence-electron chi connectivity index (χ0n) is 14.5. The molecule has 3 aromatic rings. The van der Waals surface area contributed by atoms with Crippen LogP contribution in [-0.2, 0) is 13.1 Å². The van der Waals surface area contributed by atoms with Gasteiger partial charge in [-0.25, -0.2) is 9.98 Å². The average Bonchev–Trinajstić information content (AvgIpc) is 3.14. The Morgan fingerprint density at radius 1 is 1.19 bits per heavy atom. The fourth-order valence-corrected chi connectivity index (χ4v) is 2.46. The molecule has 7 heteroatoms. The number of aliphatic imine (C=N–C) groups is 1. The second-order valence-corrected chi connectivity index (χ2v) is 5.61. The fraction of sp³-hybridized carbons (Fsp3) is 0.158. The molecular formula is C19H22IN5O. The minimum atomic E-state index is 0. The van der Waals surface area contributed by atoms with Crippen LogP contribution in [0.4, 0.5) is 5.69 Å². The van der Waals surface area contributed by atoms with Gasteiger partial charge in [0.05, 0.1) is 20.0 Å². The first-order valence-corrected chi connectivity index (χ1v) is 7.97. The monoisotopic (exact) mass is 463 g/mol. The summed E-state index contributed by atoms with van der Waals surface area (Å²) in [6.07, 6.45) is 5.53. The largest absolute Gasteiger partial charge is 0.497 e. The van der Waals surface area contributed by atoms with Gasteiger partial charge >= 0.3 is 0 Å². The van der Waals surface area contributed by atoms with E-state index in [0.29, 0.717) is 12.5 Å². The summed E-state index contributed by atoms with van der Waals surface area (Å²) in [4.78, 5) is 8.46. The van der Waals surface area contributed by atoms with Crippen molar-refractivity contribution in [3.05, 3.63) is 78.4 Å². The first-order valence-electron chi connectivity index (χ1n) is 7.97. The summed E-state index contributed by atoms with van der Waals surface area (Å²) in [6.45, 7) is 1.31. The van der Waals surface area contributed by atoms with Gasteiger partial charge in [0.1, 0.15) is 5.75 Å². The molecule has 3 rings (SSSR count). The van der Waals surface area contributed by atoms with E-state index in [1.54, 1.807) is 13.3 Å². The molecule has 0 aliphatic carbocycles. The first kappa shape index (κ1) is 19.8. The third-order valence-corrected chi connectivity index (χ3v) is 3.71. The molecule has 0 aliphatic heterocycles. The van der Waals surface area contributed by atoms with Crippen molar-refractivity contribution in [2.45, 2.75) is 13.1 Å². The van der Waals surface area contributed by atoms with Gasteiger partial charge in [0.2, 0.25) is 0 Å². The summed E-state index contributed by atoms with van der Waals surface area (Å²) in [5.74, 6) is 1.18. The number of hydrogen-bond donors (Lipinski definition) is 2. The van der Waals surface area contributed by atoms with Crippen LogP contribution >= 0.6 is 24.0 Å². The number of halogens is 1. The number of anilines is 1. The zero-order chi connectivity index (χ0) is 17.5. The van der Waals surface area contributed by atoms with E-state index in [-0.39, 0.29) is 24.0 Å². The van der Waals surface area contributed by atoms with Crippen LogP contribution in [0.15, 0.2) is 72.2 Å². The molecule has 0 spiro atoms. The average molecular weight is 463 g/mol. The van der Waals surface area contributed by atoms with Crippen LogP contribution in [-0.4, -0.2) is 22.6 Å². The third-order valence-electron chi connectivity index (χ3n) is 3.71. The molecule has 0 saturated heterocycles. The number of guanidine groups is 1. The molecule has 0 unspecified atom stereocenters. The maximum atomic E-state index is 5.97. The molecule has 0 saturated carbocycles. The minimum absolute atomic E-state index is 0. The van der Waals surface area contributed by atoms with E-state index in [1.165, 1.54) is 5.56 Å². The molecule has 1 heterocycles. The van der Waals surface area contributed by atoms with E-state index in [2.05, 4.69) is 27.4 Å². The smallest absolute Gasteiger partial charge is 0.193 e. The van der Waals surface area contributed by atoms with E-state index >= 15 is 0 Å². The van der Waals surface area contributed by atoms with Crippen molar-refractivity contribution in [1.29, 1.82) is 0 Å². The highest BCUT2D eigenvalue weighted by Crippen LogP contribution is 2.15. The van der Waals surface area contributed by atoms with Crippen molar-refractivity contribution in [3.8, 4) is 5.75 Å². The van der Waals surface area contributed by atoms with Crippen molar-refractivity contribution < 1.29 is 4.74 Å². The van der Waals surface area contributed by atoms with Gasteiger partial charge in [-0.2, -0.15) is 0 Å². The van der Waals surface area contributed by atoms with Gasteiger partial charge in [-0.15, -0.1) is 24.0 Å². The van der Waals surface area contributed by atoms with Crippen molar-refractivity contribution >= 4 is 35.6 Å². The van der Waals surface area contributed by atoms with Gasteiger partial charge in [-0.3, -0.25) is 0 Å². The molecule has 0 atom stereocenters. The number of rotatable bonds is 6. The predicted molar refractivity (Wildman–Crippen MR) is 115 cm³/mol. The summed E-state index contributed by atoms with van der Waals surface area (Å²) in [6, 6.07) is 15.8. The van der Waals surface area contributed by atoms with Crippen LogP contribution in [0, 0.1) is 0 Å². The zero-order valence-corrected chi connectivity index (χ0v) is 16.8. The highest BCUT2D eigenvalue weighted by atomic mass is 127. The Morgan fingerprint density at radius 2 is 1.96 bits per heavy atom. The molecule has 26 heavy (non-hydrogen) atoms. The van der Waals surface area contributed by atoms with E-state index in [1.807, 2.05) is 53.5 Å². The molecule has 0 fully saturated rings. The van der Waals surface area contributed by atoms with Crippen molar-refractivity contribution in [1.82, 2.24) is 9.55 Å². The summed E-state index contributed by atoms with van der Waals surface area (Å²) < 4.78 is 7.16.